The fourth-order valence-electron chi connectivity index (χ4n) is 12.3. The van der Waals surface area contributed by atoms with E-state index in [1.165, 1.54) is 21.9 Å². The van der Waals surface area contributed by atoms with Gasteiger partial charge in [0.05, 0.1) is 10.6 Å². The Balaban J connectivity index is 0.875. The van der Waals surface area contributed by atoms with Gasteiger partial charge in [-0.2, -0.15) is 8.78 Å². The molecule has 0 bridgehead atoms. The molecule has 1 aromatic heterocycles. The number of fused-ring (bicyclic) bond motifs is 3. The summed E-state index contributed by atoms with van der Waals surface area (Å²) < 4.78 is 66.2. The van der Waals surface area contributed by atoms with Gasteiger partial charge in [-0.25, -0.2) is 13.6 Å². The van der Waals surface area contributed by atoms with Gasteiger partial charge in [0.2, 0.25) is 45.5 Å². The number of amides is 8. The van der Waals surface area contributed by atoms with Gasteiger partial charge < -0.3 is 45.3 Å². The molecule has 22 nitrogen and oxygen atoms in total. The number of nitrogens with one attached hydrogen (secondary N) is 4. The molecule has 4 aromatic rings. The molecule has 3 unspecified atom stereocenters. The van der Waals surface area contributed by atoms with Crippen molar-refractivity contribution >= 4 is 86.3 Å². The molecule has 472 valence electrons. The molecule has 6 atom stereocenters. The zero-order valence-corrected chi connectivity index (χ0v) is 51.9. The highest BCUT2D eigenvalue weighted by Gasteiger charge is 2.51. The van der Waals surface area contributed by atoms with Gasteiger partial charge in [-0.15, -0.1) is 11.3 Å². The lowest BCUT2D eigenvalue weighted by molar-refractivity contribution is -0.144. The van der Waals surface area contributed by atoms with Crippen molar-refractivity contribution in [1.29, 1.82) is 0 Å². The van der Waals surface area contributed by atoms with E-state index in [0.29, 0.717) is 74.1 Å². The molecule has 0 saturated carbocycles. The second-order valence-corrected chi connectivity index (χ2v) is 28.9. The molecule has 5 aliphatic heterocycles. The number of primary sulfonamides is 1. The highest BCUT2D eigenvalue weighted by Crippen LogP contribution is 2.59. The van der Waals surface area contributed by atoms with E-state index in [-0.39, 0.29) is 78.1 Å². The smallest absolute Gasteiger partial charge is 0.342 e. The molecule has 0 radical (unpaired) electrons. The molecule has 0 spiro atoms. The number of carbonyl (C=O) groups excluding carboxylic acids is 8. The van der Waals surface area contributed by atoms with E-state index >= 15 is 0 Å². The summed E-state index contributed by atoms with van der Waals surface area (Å²) in [5, 5.41) is 16.2. The summed E-state index contributed by atoms with van der Waals surface area (Å²) in [6, 6.07) is 10.8. The van der Waals surface area contributed by atoms with Crippen molar-refractivity contribution in [2.45, 2.75) is 152 Å². The van der Waals surface area contributed by atoms with Crippen LogP contribution in [0.4, 0.5) is 8.78 Å². The maximum Gasteiger partial charge on any atom is 0.399 e. The second kappa shape index (κ2) is 26.6. The summed E-state index contributed by atoms with van der Waals surface area (Å²) in [7, 11) is -10.1. The van der Waals surface area contributed by atoms with Gasteiger partial charge in [0.1, 0.15) is 30.2 Å². The summed E-state index contributed by atoms with van der Waals surface area (Å²) in [4.78, 5) is 136. The average Bonchev–Trinajstić information content (AvgIpc) is 2.64. The number of benzene rings is 3. The fraction of sp³-hybridized carbons (Fsp3) is 0.508. The largest absolute Gasteiger partial charge is 0.399 e. The molecule has 5 aliphatic rings. The minimum atomic E-state index is -5.89. The Morgan fingerprint density at radius 2 is 1.61 bits per heavy atom. The molecule has 3 aromatic carbocycles. The van der Waals surface area contributed by atoms with Crippen molar-refractivity contribution in [3.05, 3.63) is 105 Å². The number of thiophene rings is 1. The summed E-state index contributed by atoms with van der Waals surface area (Å²) in [6.07, 6.45) is 3.45. The Hall–Kier alpha value is -6.98. The third-order valence-electron chi connectivity index (χ3n) is 17.4. The number of alkyl halides is 2. The van der Waals surface area contributed by atoms with Gasteiger partial charge in [0.15, 0.2) is 0 Å². The molecule has 4 fully saturated rings. The lowest BCUT2D eigenvalue weighted by atomic mass is 9.86. The minimum absolute atomic E-state index is 0.0132. The Labute approximate surface area is 513 Å². The van der Waals surface area contributed by atoms with Crippen molar-refractivity contribution in [1.82, 2.24) is 40.9 Å². The summed E-state index contributed by atoms with van der Waals surface area (Å²) in [5.74, 6) is 1.44. The predicted molar refractivity (Wildman–Crippen MR) is 323 cm³/mol. The lowest BCUT2D eigenvalue weighted by Crippen LogP contribution is -2.62. The van der Waals surface area contributed by atoms with Crippen LogP contribution < -0.4 is 26.4 Å². The van der Waals surface area contributed by atoms with Crippen LogP contribution in [0.25, 0.3) is 10.1 Å². The zero-order valence-electron chi connectivity index (χ0n) is 49.4. The standard InChI is InChI=1S/C61H74F2N9O13PS2/c1-5-69-27-25-42-18-19-49(72(42)59(80)47(35-69)67-56(77)51-33-39-32-41(17-21-50(39)87-51)61(62,63)86(81,82)83)55(76)65-45(26-30-88(64,84)85)53(74)66-46(31-37-13-15-40(16-14-37)60(2,3)4)58(79)70-28-23-36(24-29-70)9-6-7-10-38-11-8-12-43-44(38)34-71(57(43)78)48-20-22-52(73)68-54(48)75/h8,11-17,21,32-33,36,42,45-49H,5-6,9,18-20,22-31,34-35H2,1-4H3,(H,65,76)(H,66,74)(H,67,77)(H2,64,84,85)(H,68,73,75)(H2,81,82,83)/t42-,45?,46?,47+,48?,49+/m1/s1. The first-order valence-corrected chi connectivity index (χ1v) is 33.7. The molecule has 27 heteroatoms. The number of nitrogens with zero attached hydrogens (tertiary/aromatic N) is 4. The molecule has 9 rings (SSSR count). The normalized spacial score (nSPS) is 21.4. The van der Waals surface area contributed by atoms with Crippen LogP contribution in [0.5, 0.6) is 0 Å². The van der Waals surface area contributed by atoms with Gasteiger partial charge in [0.25, 0.3) is 11.8 Å². The van der Waals surface area contributed by atoms with Gasteiger partial charge in [0, 0.05) is 79.4 Å². The molecule has 88 heavy (non-hydrogen) atoms. The van der Waals surface area contributed by atoms with Gasteiger partial charge in [-0.1, -0.05) is 75.9 Å². The van der Waals surface area contributed by atoms with Crippen molar-refractivity contribution in [2.75, 3.05) is 38.5 Å². The number of sulfonamides is 1. The Kier molecular flexibility index (Phi) is 19.8. The van der Waals surface area contributed by atoms with Crippen LogP contribution in [0.15, 0.2) is 66.7 Å². The van der Waals surface area contributed by atoms with Crippen LogP contribution in [0, 0.1) is 17.8 Å². The molecule has 4 saturated heterocycles. The quantitative estimate of drug-likeness (QED) is 0.0415. The molecule has 0 aliphatic carbocycles. The highest BCUT2D eigenvalue weighted by atomic mass is 32.2. The first-order chi connectivity index (χ1) is 41.5. The van der Waals surface area contributed by atoms with E-state index in [0.717, 1.165) is 46.6 Å². The van der Waals surface area contributed by atoms with E-state index in [9.17, 15) is 69.9 Å². The number of nitrogens with two attached hydrogens (primary N) is 1. The number of rotatable bonds is 18. The number of likely N-dealkylation sites (N-methyl/N-ethyl adjacent to an activating group) is 1. The van der Waals surface area contributed by atoms with Crippen LogP contribution in [0.3, 0.4) is 0 Å². The maximum absolute atomic E-state index is 14.8. The first-order valence-electron chi connectivity index (χ1n) is 29.6. The Bertz CT molecular complexity index is 3630. The Morgan fingerprint density at radius 1 is 0.898 bits per heavy atom. The average molecular weight is 1270 g/mol. The van der Waals surface area contributed by atoms with Crippen molar-refractivity contribution in [2.24, 2.45) is 11.1 Å². The van der Waals surface area contributed by atoms with E-state index in [2.05, 4.69) is 53.9 Å². The zero-order chi connectivity index (χ0) is 63.6. The summed E-state index contributed by atoms with van der Waals surface area (Å²) in [6.45, 7) is 10.0. The predicted octanol–water partition coefficient (Wildman–Crippen LogP) is 4.33. The van der Waals surface area contributed by atoms with E-state index in [1.54, 1.807) is 17.0 Å². The van der Waals surface area contributed by atoms with Gasteiger partial charge in [-0.3, -0.25) is 48.2 Å². The van der Waals surface area contributed by atoms with Crippen LogP contribution in [0.1, 0.15) is 140 Å². The molecule has 8 amide bonds. The van der Waals surface area contributed by atoms with Crippen LogP contribution in [0.2, 0.25) is 0 Å². The Morgan fingerprint density at radius 3 is 2.28 bits per heavy atom. The van der Waals surface area contributed by atoms with Crippen molar-refractivity contribution < 1.29 is 69.9 Å². The van der Waals surface area contributed by atoms with E-state index in [1.807, 2.05) is 42.2 Å². The van der Waals surface area contributed by atoms with Gasteiger partial charge >= 0.3 is 13.3 Å². The first kappa shape index (κ1) is 65.5. The molecular formula is C61H74F2N9O13PS2. The van der Waals surface area contributed by atoms with Crippen molar-refractivity contribution in [3.8, 4) is 11.8 Å². The fourth-order valence-corrected chi connectivity index (χ4v) is 14.3. The summed E-state index contributed by atoms with van der Waals surface area (Å²) in [5.41, 5.74) is -1.97. The number of hydrogen-bond donors (Lipinski definition) is 7. The van der Waals surface area contributed by atoms with Gasteiger partial charge in [-0.05, 0) is 122 Å². The van der Waals surface area contributed by atoms with E-state index < -0.39 is 107 Å². The number of imide groups is 1. The van der Waals surface area contributed by atoms with Crippen LogP contribution in [-0.2, 0) is 67.4 Å². The second-order valence-electron chi connectivity index (χ2n) is 24.4. The SMILES string of the molecule is CCN1CC[C@H]2CC[C@@H](C(=O)NC(CCS(N)(=O)=O)C(=O)NC(Cc3ccc(C(C)(C)C)cc3)C(=O)N3CCC(CCC#Cc4cccc5c4CN(C4CCC(=O)NC4=O)C5=O)CC3)N2C(=O)[C@@H](NC(=O)c2cc3cc(C(F)(F)P(=O)(O)O)ccc3s2)C1. The molecule has 6 heterocycles. The van der Waals surface area contributed by atoms with Crippen molar-refractivity contribution in [3.63, 3.8) is 0 Å². The maximum atomic E-state index is 14.8. The number of halogens is 2. The third-order valence-corrected chi connectivity index (χ3v) is 20.3. The van der Waals surface area contributed by atoms with E-state index in [4.69, 9.17) is 5.14 Å². The highest BCUT2D eigenvalue weighted by molar-refractivity contribution is 7.89. The van der Waals surface area contributed by atoms with Crippen LogP contribution in [-0.4, -0.2) is 160 Å². The topological polar surface area (TPSA) is 315 Å². The molecule has 8 N–H and O–H groups in total. The lowest BCUT2D eigenvalue weighted by Gasteiger charge is -2.38. The number of hydrogen-bond acceptors (Lipinski definition) is 13. The third kappa shape index (κ3) is 15.0. The number of piperidine rings is 2. The molecular weight excluding hydrogens is 1200 g/mol. The van der Waals surface area contributed by atoms with Crippen LogP contribution >= 0.6 is 18.9 Å². The number of likely N-dealkylation sites (tertiary alicyclic amines) is 1. The summed E-state index contributed by atoms with van der Waals surface area (Å²) >= 11 is 0.910. The monoisotopic (exact) mass is 1270 g/mol. The number of carbonyl (C=O) groups is 8. The minimum Gasteiger partial charge on any atom is -0.342 e.